The Hall–Kier alpha value is -2.72. The fraction of sp³-hybridized carbons (Fsp3) is 0.111. The molecule has 1 aliphatic rings. The monoisotopic (exact) mass is 294 g/mol. The molecule has 22 heavy (non-hydrogen) atoms. The van der Waals surface area contributed by atoms with Crippen LogP contribution in [0.3, 0.4) is 0 Å². The maximum absolute atomic E-state index is 12.2. The van der Waals surface area contributed by atoms with Crippen molar-refractivity contribution in [2.45, 2.75) is 5.60 Å². The molecule has 0 aliphatic heterocycles. The number of hydrogen-bond donors (Lipinski definition) is 1. The van der Waals surface area contributed by atoms with E-state index in [0.717, 1.165) is 0 Å². The number of fused-ring (bicyclic) bond motifs is 1. The minimum absolute atomic E-state index is 0.156. The van der Waals surface area contributed by atoms with Crippen molar-refractivity contribution in [3.63, 3.8) is 0 Å². The highest BCUT2D eigenvalue weighted by molar-refractivity contribution is 6.33. The van der Waals surface area contributed by atoms with Crippen LogP contribution in [0, 0.1) is 0 Å². The van der Waals surface area contributed by atoms with Gasteiger partial charge in [0.25, 0.3) is 0 Å². The van der Waals surface area contributed by atoms with Crippen LogP contribution < -0.4 is 4.74 Å². The van der Waals surface area contributed by atoms with Crippen LogP contribution in [0.25, 0.3) is 0 Å². The molecule has 0 heterocycles. The number of ether oxygens (including phenoxy) is 1. The molecule has 0 amide bonds. The topological polar surface area (TPSA) is 63.6 Å². The second-order valence-electron chi connectivity index (χ2n) is 5.00. The summed E-state index contributed by atoms with van der Waals surface area (Å²) < 4.78 is 5.44. The SMILES string of the molecule is O=C1c2ccccc2C(=O)C1(O)/C=C/COc1ccccc1. The smallest absolute Gasteiger partial charge is 0.209 e. The van der Waals surface area contributed by atoms with E-state index in [1.807, 2.05) is 18.2 Å². The van der Waals surface area contributed by atoms with Crippen molar-refractivity contribution in [1.82, 2.24) is 0 Å². The van der Waals surface area contributed by atoms with Crippen LogP contribution in [0.2, 0.25) is 0 Å². The number of ketones is 2. The van der Waals surface area contributed by atoms with E-state index in [4.69, 9.17) is 4.74 Å². The Morgan fingerprint density at radius 1 is 0.909 bits per heavy atom. The van der Waals surface area contributed by atoms with Crippen molar-refractivity contribution in [3.8, 4) is 5.75 Å². The van der Waals surface area contributed by atoms with Gasteiger partial charge in [0, 0.05) is 11.1 Å². The molecule has 2 aromatic carbocycles. The predicted octanol–water partition coefficient (Wildman–Crippen LogP) is 2.43. The lowest BCUT2D eigenvalue weighted by atomic mass is 9.97. The van der Waals surface area contributed by atoms with E-state index in [0.29, 0.717) is 5.75 Å². The first-order valence-electron chi connectivity index (χ1n) is 6.89. The number of carbonyl (C=O) groups is 2. The number of aliphatic hydroxyl groups is 1. The summed E-state index contributed by atoms with van der Waals surface area (Å²) in [4.78, 5) is 24.5. The summed E-state index contributed by atoms with van der Waals surface area (Å²) >= 11 is 0. The molecular weight excluding hydrogens is 280 g/mol. The maximum Gasteiger partial charge on any atom is 0.209 e. The van der Waals surface area contributed by atoms with Crippen LogP contribution >= 0.6 is 0 Å². The van der Waals surface area contributed by atoms with Crippen molar-refractivity contribution in [1.29, 1.82) is 0 Å². The minimum atomic E-state index is -2.12. The van der Waals surface area contributed by atoms with Gasteiger partial charge in [-0.05, 0) is 24.3 Å². The highest BCUT2D eigenvalue weighted by atomic mass is 16.5. The third-order valence-electron chi connectivity index (χ3n) is 3.56. The highest BCUT2D eigenvalue weighted by Crippen LogP contribution is 2.30. The lowest BCUT2D eigenvalue weighted by molar-refractivity contribution is 0.0483. The van der Waals surface area contributed by atoms with E-state index in [9.17, 15) is 14.7 Å². The van der Waals surface area contributed by atoms with Crippen LogP contribution in [0.1, 0.15) is 20.7 Å². The van der Waals surface area contributed by atoms with Crippen LogP contribution in [-0.2, 0) is 0 Å². The Bertz CT molecular complexity index is 712. The first-order chi connectivity index (χ1) is 10.6. The number of para-hydroxylation sites is 1. The molecule has 0 saturated heterocycles. The van der Waals surface area contributed by atoms with Crippen molar-refractivity contribution in [2.75, 3.05) is 6.61 Å². The number of Topliss-reactive ketones (excluding diaryl/α,β-unsaturated/α-hetero) is 2. The number of benzene rings is 2. The standard InChI is InChI=1S/C18H14O4/c19-16-14-9-4-5-10-15(14)17(20)18(16,21)11-6-12-22-13-7-2-1-3-8-13/h1-11,21H,12H2/b11-6+. The summed E-state index contributed by atoms with van der Waals surface area (Å²) in [5.41, 5.74) is -1.61. The fourth-order valence-electron chi connectivity index (χ4n) is 2.42. The summed E-state index contributed by atoms with van der Waals surface area (Å²) in [6, 6.07) is 15.6. The molecule has 1 N–H and O–H groups in total. The fourth-order valence-corrected chi connectivity index (χ4v) is 2.42. The molecule has 0 bridgehead atoms. The zero-order valence-electron chi connectivity index (χ0n) is 11.7. The van der Waals surface area contributed by atoms with E-state index < -0.39 is 17.2 Å². The van der Waals surface area contributed by atoms with E-state index in [1.54, 1.807) is 36.4 Å². The van der Waals surface area contributed by atoms with Gasteiger partial charge < -0.3 is 9.84 Å². The Morgan fingerprint density at radius 3 is 2.05 bits per heavy atom. The largest absolute Gasteiger partial charge is 0.490 e. The van der Waals surface area contributed by atoms with Crippen molar-refractivity contribution in [3.05, 3.63) is 77.9 Å². The van der Waals surface area contributed by atoms with Gasteiger partial charge in [0.2, 0.25) is 17.2 Å². The van der Waals surface area contributed by atoms with Gasteiger partial charge in [-0.15, -0.1) is 0 Å². The highest BCUT2D eigenvalue weighted by Gasteiger charge is 2.49. The Labute approximate surface area is 127 Å². The van der Waals surface area contributed by atoms with Crippen LogP contribution in [0.4, 0.5) is 0 Å². The van der Waals surface area contributed by atoms with Gasteiger partial charge in [-0.25, -0.2) is 0 Å². The molecule has 1 aliphatic carbocycles. The van der Waals surface area contributed by atoms with E-state index in [1.165, 1.54) is 12.2 Å². The van der Waals surface area contributed by atoms with Crippen molar-refractivity contribution >= 4 is 11.6 Å². The molecule has 0 atom stereocenters. The summed E-state index contributed by atoms with van der Waals surface area (Å²) in [5, 5.41) is 10.4. The Balaban J connectivity index is 1.74. The summed E-state index contributed by atoms with van der Waals surface area (Å²) in [6.07, 6.45) is 2.69. The lowest BCUT2D eigenvalue weighted by Crippen LogP contribution is -2.39. The summed E-state index contributed by atoms with van der Waals surface area (Å²) in [6.45, 7) is 0.156. The molecule has 0 unspecified atom stereocenters. The maximum atomic E-state index is 12.2. The minimum Gasteiger partial charge on any atom is -0.490 e. The van der Waals surface area contributed by atoms with Gasteiger partial charge in [-0.1, -0.05) is 42.5 Å². The van der Waals surface area contributed by atoms with Gasteiger partial charge in [0.15, 0.2) is 0 Å². The molecule has 110 valence electrons. The predicted molar refractivity (Wildman–Crippen MR) is 81.1 cm³/mol. The molecule has 4 heteroatoms. The first kappa shape index (κ1) is 14.2. The molecule has 2 aromatic rings. The zero-order valence-corrected chi connectivity index (χ0v) is 11.7. The zero-order chi connectivity index (χ0) is 15.6. The third-order valence-corrected chi connectivity index (χ3v) is 3.56. The molecular formula is C18H14O4. The van der Waals surface area contributed by atoms with Gasteiger partial charge in [-0.2, -0.15) is 0 Å². The summed E-state index contributed by atoms with van der Waals surface area (Å²) in [5.74, 6) is -0.514. The second kappa shape index (κ2) is 5.58. The molecule has 3 rings (SSSR count). The average Bonchev–Trinajstić information content (AvgIpc) is 2.75. The van der Waals surface area contributed by atoms with E-state index in [-0.39, 0.29) is 17.7 Å². The number of hydrogen-bond acceptors (Lipinski definition) is 4. The van der Waals surface area contributed by atoms with E-state index >= 15 is 0 Å². The van der Waals surface area contributed by atoms with Crippen molar-refractivity contribution < 1.29 is 19.4 Å². The van der Waals surface area contributed by atoms with E-state index in [2.05, 4.69) is 0 Å². The summed E-state index contributed by atoms with van der Waals surface area (Å²) in [7, 11) is 0. The van der Waals surface area contributed by atoms with Crippen LogP contribution in [0.5, 0.6) is 5.75 Å². The molecule has 4 nitrogen and oxygen atoms in total. The number of carbonyl (C=O) groups excluding carboxylic acids is 2. The molecule has 0 fully saturated rings. The van der Waals surface area contributed by atoms with Crippen LogP contribution in [0.15, 0.2) is 66.7 Å². The van der Waals surface area contributed by atoms with Gasteiger partial charge in [-0.3, -0.25) is 9.59 Å². The lowest BCUT2D eigenvalue weighted by Gasteiger charge is -2.13. The van der Waals surface area contributed by atoms with Gasteiger partial charge in [0.1, 0.15) is 12.4 Å². The van der Waals surface area contributed by atoms with Crippen LogP contribution in [-0.4, -0.2) is 28.9 Å². The molecule has 0 radical (unpaired) electrons. The Kier molecular flexibility index (Phi) is 3.61. The van der Waals surface area contributed by atoms with Gasteiger partial charge in [0.05, 0.1) is 0 Å². The van der Waals surface area contributed by atoms with Crippen molar-refractivity contribution in [2.24, 2.45) is 0 Å². The quantitative estimate of drug-likeness (QED) is 0.695. The molecule has 0 aromatic heterocycles. The number of rotatable bonds is 4. The third kappa shape index (κ3) is 2.34. The second-order valence-corrected chi connectivity index (χ2v) is 5.00. The molecule has 0 saturated carbocycles. The Morgan fingerprint density at radius 2 is 1.45 bits per heavy atom. The normalized spacial score (nSPS) is 16.0. The molecule has 0 spiro atoms. The van der Waals surface area contributed by atoms with Gasteiger partial charge >= 0.3 is 0 Å². The first-order valence-corrected chi connectivity index (χ1v) is 6.89. The average molecular weight is 294 g/mol.